The Balaban J connectivity index is 2.06. The molecule has 0 aromatic rings. The van der Waals surface area contributed by atoms with E-state index < -0.39 is 77.0 Å². The summed E-state index contributed by atoms with van der Waals surface area (Å²) in [6.07, 6.45) is -4.29. The monoisotopic (exact) mass is 571 g/mol. The lowest BCUT2D eigenvalue weighted by atomic mass is 9.75. The van der Waals surface area contributed by atoms with E-state index in [9.17, 15) is 24.6 Å². The Kier molecular flexibility index (Phi) is 9.93. The number of aliphatic hydroxyl groups excluding tert-OH is 1. The Labute approximate surface area is 237 Å². The predicted octanol–water partition coefficient (Wildman–Crippen LogP) is 1.54. The molecule has 0 aliphatic carbocycles. The Morgan fingerprint density at radius 1 is 1.10 bits per heavy atom. The van der Waals surface area contributed by atoms with Gasteiger partial charge in [-0.05, 0) is 60.9 Å². The molecule has 3 saturated heterocycles. The van der Waals surface area contributed by atoms with Crippen molar-refractivity contribution in [1.29, 1.82) is 0 Å². The molecule has 0 bridgehead atoms. The van der Waals surface area contributed by atoms with E-state index in [1.807, 2.05) is 6.92 Å². The maximum atomic E-state index is 13.8. The first-order valence-electron chi connectivity index (χ1n) is 14.4. The Morgan fingerprint density at radius 3 is 2.27 bits per heavy atom. The minimum atomic E-state index is -1.65. The Bertz CT molecular complexity index is 957. The fourth-order valence-corrected chi connectivity index (χ4v) is 6.66. The van der Waals surface area contributed by atoms with Gasteiger partial charge in [-0.1, -0.05) is 20.8 Å². The molecule has 0 aromatic heterocycles. The predicted molar refractivity (Wildman–Crippen MR) is 144 cm³/mol. The molecule has 3 rings (SSSR count). The van der Waals surface area contributed by atoms with Crippen LogP contribution in [0.3, 0.4) is 0 Å². The summed E-state index contributed by atoms with van der Waals surface area (Å²) in [6.45, 7) is 13.3. The third kappa shape index (κ3) is 6.02. The number of nitrogens with one attached hydrogen (secondary N) is 1. The number of carbonyl (C=O) groups is 3. The molecule has 3 aliphatic rings. The number of rotatable bonds is 5. The minimum absolute atomic E-state index is 0.141. The smallest absolute Gasteiger partial charge is 0.316 e. The maximum absolute atomic E-state index is 13.8. The number of hydrogen-bond donors (Lipinski definition) is 3. The van der Waals surface area contributed by atoms with Crippen molar-refractivity contribution in [3.05, 3.63) is 0 Å². The molecular weight excluding hydrogens is 522 g/mol. The van der Waals surface area contributed by atoms with Crippen LogP contribution in [-0.2, 0) is 38.1 Å². The fraction of sp³-hybridized carbons (Fsp3) is 0.897. The zero-order chi connectivity index (χ0) is 30.4. The van der Waals surface area contributed by atoms with Crippen molar-refractivity contribution in [2.75, 3.05) is 14.2 Å². The summed E-state index contributed by atoms with van der Waals surface area (Å²) >= 11 is 0. The van der Waals surface area contributed by atoms with Gasteiger partial charge in [-0.25, -0.2) is 0 Å². The molecule has 0 spiro atoms. The highest BCUT2D eigenvalue weighted by Crippen LogP contribution is 2.49. The van der Waals surface area contributed by atoms with Crippen molar-refractivity contribution in [1.82, 2.24) is 5.32 Å². The molecule has 0 unspecified atom stereocenters. The van der Waals surface area contributed by atoms with E-state index in [0.717, 1.165) is 0 Å². The second-order valence-corrected chi connectivity index (χ2v) is 12.6. The number of methoxy groups -OCH3 is 1. The van der Waals surface area contributed by atoms with E-state index in [0.29, 0.717) is 6.42 Å². The largest absolute Gasteiger partial charge is 0.459 e. The lowest BCUT2D eigenvalue weighted by molar-refractivity contribution is -0.290. The van der Waals surface area contributed by atoms with Gasteiger partial charge in [0.1, 0.15) is 29.8 Å². The van der Waals surface area contributed by atoms with Gasteiger partial charge in [-0.3, -0.25) is 14.4 Å². The van der Waals surface area contributed by atoms with Crippen LogP contribution in [-0.4, -0.2) is 102 Å². The molecule has 0 saturated carbocycles. The molecule has 13 atom stereocenters. The van der Waals surface area contributed by atoms with Gasteiger partial charge in [0.2, 0.25) is 0 Å². The van der Waals surface area contributed by atoms with Crippen molar-refractivity contribution < 1.29 is 48.3 Å². The van der Waals surface area contributed by atoms with Gasteiger partial charge < -0.3 is 39.2 Å². The maximum Gasteiger partial charge on any atom is 0.316 e. The fourth-order valence-electron chi connectivity index (χ4n) is 6.66. The van der Waals surface area contributed by atoms with Crippen molar-refractivity contribution in [2.45, 2.75) is 134 Å². The van der Waals surface area contributed by atoms with E-state index in [4.69, 9.17) is 23.7 Å². The van der Waals surface area contributed by atoms with Crippen molar-refractivity contribution in [2.24, 2.45) is 17.8 Å². The lowest BCUT2D eigenvalue weighted by Crippen LogP contribution is -2.59. The number of ketones is 2. The van der Waals surface area contributed by atoms with Gasteiger partial charge in [-0.15, -0.1) is 0 Å². The quantitative estimate of drug-likeness (QED) is 0.250. The zero-order valence-electron chi connectivity index (χ0n) is 25.6. The number of fused-ring (bicyclic) bond motifs is 1. The molecule has 0 radical (unpaired) electrons. The van der Waals surface area contributed by atoms with Crippen LogP contribution >= 0.6 is 0 Å². The highest BCUT2D eigenvalue weighted by atomic mass is 16.7. The molecule has 3 N–H and O–H groups in total. The first-order valence-corrected chi connectivity index (χ1v) is 14.4. The van der Waals surface area contributed by atoms with Crippen molar-refractivity contribution in [3.63, 3.8) is 0 Å². The number of esters is 1. The molecule has 40 heavy (non-hydrogen) atoms. The highest BCUT2D eigenvalue weighted by Gasteiger charge is 2.68. The normalized spacial score (nSPS) is 49.1. The van der Waals surface area contributed by atoms with Crippen LogP contribution in [0.25, 0.3) is 0 Å². The second-order valence-electron chi connectivity index (χ2n) is 12.6. The van der Waals surface area contributed by atoms with E-state index in [1.165, 1.54) is 21.0 Å². The van der Waals surface area contributed by atoms with Crippen LogP contribution in [0.4, 0.5) is 0 Å². The van der Waals surface area contributed by atoms with Gasteiger partial charge in [0.25, 0.3) is 0 Å². The summed E-state index contributed by atoms with van der Waals surface area (Å²) in [5.74, 6) is -4.21. The van der Waals surface area contributed by atoms with Gasteiger partial charge in [0, 0.05) is 25.0 Å². The molecule has 3 aliphatic heterocycles. The minimum Gasteiger partial charge on any atom is -0.459 e. The highest BCUT2D eigenvalue weighted by molar-refractivity contribution is 6.00. The van der Waals surface area contributed by atoms with E-state index in [1.54, 1.807) is 41.7 Å². The van der Waals surface area contributed by atoms with Crippen LogP contribution in [0.15, 0.2) is 0 Å². The molecule has 0 amide bonds. The first-order chi connectivity index (χ1) is 18.5. The standard InChI is InChI=1S/C29H49NO10/c1-11-19-28(7,35)26-29(8,40-26)22(33)14(2)13-27(6,36-10)23(16(4)20(31)17(5)24(34)38-19)39-25-21(32)18(30-9)12-15(3)37-25/h14-19,21,23,25-26,30,32,35H,11-13H2,1-10H3/t14-,15-,16+,17-,18+,19-,21-,23-,25+,26-,27+,28-,29+/m1/s1. The number of cyclic esters (lactones) is 1. The molecule has 230 valence electrons. The number of hydrogen-bond acceptors (Lipinski definition) is 11. The van der Waals surface area contributed by atoms with Crippen LogP contribution in [0.2, 0.25) is 0 Å². The first kappa shape index (κ1) is 33.0. The summed E-state index contributed by atoms with van der Waals surface area (Å²) in [4.78, 5) is 40.7. The van der Waals surface area contributed by atoms with Crippen LogP contribution < -0.4 is 5.32 Å². The van der Waals surface area contributed by atoms with Gasteiger partial charge in [-0.2, -0.15) is 0 Å². The second kappa shape index (κ2) is 12.0. The molecule has 11 nitrogen and oxygen atoms in total. The van der Waals surface area contributed by atoms with E-state index in [2.05, 4.69) is 5.32 Å². The van der Waals surface area contributed by atoms with Gasteiger partial charge in [0.15, 0.2) is 23.5 Å². The number of aliphatic hydroxyl groups is 2. The third-order valence-electron chi connectivity index (χ3n) is 9.31. The number of carbonyl (C=O) groups excluding carboxylic acids is 3. The third-order valence-corrected chi connectivity index (χ3v) is 9.31. The number of likely N-dealkylation sites (N-methyl/N-ethyl adjacent to an activating group) is 1. The molecule has 11 heteroatoms. The van der Waals surface area contributed by atoms with Crippen molar-refractivity contribution in [3.8, 4) is 0 Å². The molecule has 3 fully saturated rings. The van der Waals surface area contributed by atoms with Gasteiger partial charge in [0.05, 0.1) is 17.8 Å². The van der Waals surface area contributed by atoms with E-state index in [-0.39, 0.29) is 30.8 Å². The lowest BCUT2D eigenvalue weighted by Gasteiger charge is -2.45. The topological polar surface area (TPSA) is 153 Å². The number of Topliss-reactive ketones (excluding diaryl/α,β-unsaturated/α-hetero) is 2. The summed E-state index contributed by atoms with van der Waals surface area (Å²) < 4.78 is 29.8. The van der Waals surface area contributed by atoms with E-state index >= 15 is 0 Å². The summed E-state index contributed by atoms with van der Waals surface area (Å²) in [5.41, 5.74) is -4.16. The Hall–Kier alpha value is -1.47. The summed E-state index contributed by atoms with van der Waals surface area (Å²) in [7, 11) is 3.21. The van der Waals surface area contributed by atoms with Crippen LogP contribution in [0.5, 0.6) is 0 Å². The van der Waals surface area contributed by atoms with Crippen LogP contribution in [0.1, 0.15) is 74.7 Å². The number of ether oxygens (including phenoxy) is 5. The molecule has 3 heterocycles. The van der Waals surface area contributed by atoms with Crippen molar-refractivity contribution >= 4 is 17.5 Å². The molecular formula is C29H49NO10. The average molecular weight is 572 g/mol. The molecule has 0 aromatic carbocycles. The average Bonchev–Trinajstić information content (AvgIpc) is 3.62. The van der Waals surface area contributed by atoms with Gasteiger partial charge >= 0.3 is 5.97 Å². The summed E-state index contributed by atoms with van der Waals surface area (Å²) in [6, 6.07) is -0.302. The summed E-state index contributed by atoms with van der Waals surface area (Å²) in [5, 5.41) is 25.5. The number of epoxide rings is 1. The van der Waals surface area contributed by atoms with Crippen LogP contribution in [0, 0.1) is 17.8 Å². The SMILES string of the molecule is CC[C@H]1OC(=O)[C@H](C)C(=O)[C@H](C)[C@@H](O[C@@H]2O[C@H](C)C[C@H](NC)[C@H]2O)[C@@](C)(OC)C[C@@H](C)C(=O)[C@]2(C)O[C@@H]2[C@]1(C)O. The Morgan fingerprint density at radius 2 is 1.73 bits per heavy atom. The zero-order valence-corrected chi connectivity index (χ0v) is 25.6.